The predicted molar refractivity (Wildman–Crippen MR) is 128 cm³/mol. The number of hydrogen-bond acceptors (Lipinski definition) is 7. The Labute approximate surface area is 198 Å². The number of nitrogens with one attached hydrogen (secondary N) is 2. The zero-order chi connectivity index (χ0) is 23.8. The quantitative estimate of drug-likeness (QED) is 0.512. The maximum atomic E-state index is 12.4. The molecule has 2 amide bonds. The normalized spacial score (nSPS) is 17.4. The highest BCUT2D eigenvalue weighted by Crippen LogP contribution is 2.38. The van der Waals surface area contributed by atoms with Crippen molar-refractivity contribution in [2.75, 3.05) is 25.5 Å². The van der Waals surface area contributed by atoms with Gasteiger partial charge in [-0.1, -0.05) is 23.4 Å². The van der Waals surface area contributed by atoms with Crippen molar-refractivity contribution in [2.24, 2.45) is 0 Å². The second-order valence-electron chi connectivity index (χ2n) is 9.02. The molecule has 9 heteroatoms. The molecule has 1 saturated heterocycles. The van der Waals surface area contributed by atoms with Crippen LogP contribution in [0.1, 0.15) is 37.4 Å². The van der Waals surface area contributed by atoms with Gasteiger partial charge in [0.05, 0.1) is 37.0 Å². The van der Waals surface area contributed by atoms with Crippen molar-refractivity contribution in [3.05, 3.63) is 47.5 Å². The lowest BCUT2D eigenvalue weighted by atomic mass is 10.0. The minimum atomic E-state index is -0.413. The number of carbonyl (C=O) groups excluding carboxylic acids is 1. The molecule has 0 radical (unpaired) electrons. The molecule has 9 nitrogen and oxygen atoms in total. The van der Waals surface area contributed by atoms with Gasteiger partial charge in [0.15, 0.2) is 0 Å². The van der Waals surface area contributed by atoms with Gasteiger partial charge in [-0.15, -0.1) is 0 Å². The summed E-state index contributed by atoms with van der Waals surface area (Å²) in [4.78, 5) is 18.7. The number of likely N-dealkylation sites (tertiary alicyclic amines) is 1. The summed E-state index contributed by atoms with van der Waals surface area (Å²) in [5.74, 6) is 1.72. The summed E-state index contributed by atoms with van der Waals surface area (Å²) in [7, 11) is 1.85. The van der Waals surface area contributed by atoms with Crippen molar-refractivity contribution in [1.29, 1.82) is 0 Å². The summed E-state index contributed by atoms with van der Waals surface area (Å²) in [5, 5.41) is 20.0. The highest BCUT2D eigenvalue weighted by Gasteiger charge is 2.33. The Hall–Kier alpha value is -3.59. The van der Waals surface area contributed by atoms with Gasteiger partial charge in [-0.05, 0) is 56.0 Å². The predicted octanol–water partition coefficient (Wildman–Crippen LogP) is 3.61. The lowest BCUT2D eigenvalue weighted by Gasteiger charge is -2.36. The summed E-state index contributed by atoms with van der Waals surface area (Å²) in [6.07, 6.45) is 1.28. The summed E-state index contributed by atoms with van der Waals surface area (Å²) in [5.41, 5.74) is 4.76. The van der Waals surface area contributed by atoms with Crippen molar-refractivity contribution in [1.82, 2.24) is 20.4 Å². The van der Waals surface area contributed by atoms with Gasteiger partial charge in [0.2, 0.25) is 5.82 Å². The number of rotatable bonds is 6. The molecule has 178 valence electrons. The van der Waals surface area contributed by atoms with Crippen LogP contribution in [-0.4, -0.2) is 58.5 Å². The van der Waals surface area contributed by atoms with Crippen LogP contribution in [0.15, 0.2) is 40.9 Å². The van der Waals surface area contributed by atoms with Gasteiger partial charge in [0, 0.05) is 18.2 Å². The number of ether oxygens (including phenoxy) is 1. The molecule has 0 saturated carbocycles. The van der Waals surface area contributed by atoms with Crippen molar-refractivity contribution in [2.45, 2.75) is 44.9 Å². The molecule has 1 fully saturated rings. The molecule has 3 aromatic rings. The summed E-state index contributed by atoms with van der Waals surface area (Å²) >= 11 is 0. The Morgan fingerprint density at radius 3 is 2.82 bits per heavy atom. The Balaban J connectivity index is 1.37. The molecule has 5 rings (SSSR count). The number of fused-ring (bicyclic) bond motifs is 1. The smallest absolute Gasteiger partial charge is 0.318 e. The highest BCUT2D eigenvalue weighted by atomic mass is 16.5. The Bertz CT molecular complexity index is 1200. The second kappa shape index (κ2) is 8.98. The van der Waals surface area contributed by atoms with E-state index >= 15 is 0 Å². The molecule has 0 bridgehead atoms. The van der Waals surface area contributed by atoms with E-state index in [4.69, 9.17) is 9.26 Å². The van der Waals surface area contributed by atoms with Gasteiger partial charge in [-0.25, -0.2) is 4.79 Å². The van der Waals surface area contributed by atoms with Crippen LogP contribution in [0.4, 0.5) is 10.5 Å². The zero-order valence-corrected chi connectivity index (χ0v) is 19.5. The standard InChI is InChI=1S/C25H29N5O4/c1-14(2)33-22-10-7-15(11-21(22)26-3)24-28-23(29-34-24)19-6-4-5-18-17(19)8-9-20(18)27-25(32)30-12-16(31)13-30/h4-7,10-11,14,16,20,26,31H,8-9,12-13H2,1-3H3,(H,27,32). The van der Waals surface area contributed by atoms with Crippen molar-refractivity contribution in [3.63, 3.8) is 0 Å². The summed E-state index contributed by atoms with van der Waals surface area (Å²) < 4.78 is 11.5. The number of benzene rings is 2. The van der Waals surface area contributed by atoms with Crippen LogP contribution in [0.2, 0.25) is 0 Å². The third kappa shape index (κ3) is 4.19. The average molecular weight is 464 g/mol. The molecule has 2 aliphatic rings. The second-order valence-corrected chi connectivity index (χ2v) is 9.02. The van der Waals surface area contributed by atoms with Crippen LogP contribution in [0.5, 0.6) is 5.75 Å². The Kier molecular flexibility index (Phi) is 5.87. The number of carbonyl (C=O) groups is 1. The number of nitrogens with zero attached hydrogens (tertiary/aromatic N) is 3. The summed E-state index contributed by atoms with van der Waals surface area (Å²) in [6, 6.07) is 11.5. The van der Waals surface area contributed by atoms with Gasteiger partial charge in [-0.2, -0.15) is 4.98 Å². The minimum absolute atomic E-state index is 0.0687. The van der Waals surface area contributed by atoms with E-state index in [9.17, 15) is 9.90 Å². The molecule has 3 N–H and O–H groups in total. The average Bonchev–Trinajstić information content (AvgIpc) is 3.44. The molecule has 1 atom stereocenters. The molecular weight excluding hydrogens is 434 g/mol. The lowest BCUT2D eigenvalue weighted by molar-refractivity contribution is 0.0257. The van der Waals surface area contributed by atoms with Crippen LogP contribution in [0, 0.1) is 0 Å². The fraction of sp³-hybridized carbons (Fsp3) is 0.400. The minimum Gasteiger partial charge on any atom is -0.489 e. The Morgan fingerprint density at radius 1 is 1.26 bits per heavy atom. The third-order valence-electron chi connectivity index (χ3n) is 6.24. The number of anilines is 1. The van der Waals surface area contributed by atoms with Crippen LogP contribution < -0.4 is 15.4 Å². The molecule has 2 heterocycles. The molecule has 2 aromatic carbocycles. The fourth-order valence-corrected chi connectivity index (χ4v) is 4.54. The molecule has 1 aromatic heterocycles. The van der Waals surface area contributed by atoms with Crippen LogP contribution >= 0.6 is 0 Å². The SMILES string of the molecule is CNc1cc(-c2nc(-c3cccc4c3CCC4NC(=O)N3CC(O)C3)no2)ccc1OC(C)C. The first kappa shape index (κ1) is 22.2. The molecule has 1 aliphatic heterocycles. The lowest BCUT2D eigenvalue weighted by Crippen LogP contribution is -2.57. The molecular formula is C25H29N5O4. The Morgan fingerprint density at radius 2 is 2.09 bits per heavy atom. The molecule has 1 aliphatic carbocycles. The van der Waals surface area contributed by atoms with Crippen LogP contribution in [0.3, 0.4) is 0 Å². The van der Waals surface area contributed by atoms with E-state index < -0.39 is 6.10 Å². The number of hydrogen-bond donors (Lipinski definition) is 3. The number of β-amino-alcohol motifs (C(OH)–C–C–N with tert-alkyl or cyclic N) is 1. The molecule has 1 unspecified atom stereocenters. The van der Waals surface area contributed by atoms with Crippen molar-refractivity contribution >= 4 is 11.7 Å². The largest absolute Gasteiger partial charge is 0.489 e. The van der Waals surface area contributed by atoms with Gasteiger partial charge < -0.3 is 29.9 Å². The van der Waals surface area contributed by atoms with E-state index in [1.54, 1.807) is 4.90 Å². The van der Waals surface area contributed by atoms with Crippen LogP contribution in [0.25, 0.3) is 22.8 Å². The molecule has 0 spiro atoms. The van der Waals surface area contributed by atoms with E-state index in [0.29, 0.717) is 24.8 Å². The zero-order valence-electron chi connectivity index (χ0n) is 19.5. The van der Waals surface area contributed by atoms with Gasteiger partial charge in [0.1, 0.15) is 5.75 Å². The van der Waals surface area contributed by atoms with E-state index in [0.717, 1.165) is 46.5 Å². The first-order valence-corrected chi connectivity index (χ1v) is 11.6. The number of urea groups is 1. The monoisotopic (exact) mass is 463 g/mol. The number of amides is 2. The van der Waals surface area contributed by atoms with E-state index in [-0.39, 0.29) is 18.2 Å². The number of aliphatic hydroxyl groups excluding tert-OH is 1. The third-order valence-corrected chi connectivity index (χ3v) is 6.24. The van der Waals surface area contributed by atoms with Gasteiger partial charge >= 0.3 is 6.03 Å². The van der Waals surface area contributed by atoms with E-state index in [1.165, 1.54) is 0 Å². The van der Waals surface area contributed by atoms with Gasteiger partial charge in [0.25, 0.3) is 5.89 Å². The maximum Gasteiger partial charge on any atom is 0.318 e. The van der Waals surface area contributed by atoms with Crippen molar-refractivity contribution < 1.29 is 19.2 Å². The van der Waals surface area contributed by atoms with Crippen molar-refractivity contribution in [3.8, 4) is 28.6 Å². The fourth-order valence-electron chi connectivity index (χ4n) is 4.54. The number of aliphatic hydroxyl groups is 1. The summed E-state index contributed by atoms with van der Waals surface area (Å²) in [6.45, 7) is 4.75. The topological polar surface area (TPSA) is 113 Å². The first-order chi connectivity index (χ1) is 16.4. The first-order valence-electron chi connectivity index (χ1n) is 11.6. The van der Waals surface area contributed by atoms with Gasteiger partial charge in [-0.3, -0.25) is 0 Å². The molecule has 34 heavy (non-hydrogen) atoms. The maximum absolute atomic E-state index is 12.4. The number of aromatic nitrogens is 2. The van der Waals surface area contributed by atoms with Crippen LogP contribution in [-0.2, 0) is 6.42 Å². The van der Waals surface area contributed by atoms with E-state index in [2.05, 4.69) is 20.8 Å². The van der Waals surface area contributed by atoms with E-state index in [1.807, 2.05) is 57.3 Å². The highest BCUT2D eigenvalue weighted by molar-refractivity contribution is 5.76.